The van der Waals surface area contributed by atoms with E-state index in [1.165, 1.54) is 12.4 Å². The van der Waals surface area contributed by atoms with Gasteiger partial charge >= 0.3 is 0 Å². The van der Waals surface area contributed by atoms with Crippen molar-refractivity contribution in [2.45, 2.75) is 27.2 Å². The average Bonchev–Trinajstić information content (AvgIpc) is 2.26. The molecule has 1 aromatic rings. The van der Waals surface area contributed by atoms with E-state index in [4.69, 9.17) is 5.73 Å². The molecule has 1 aromatic heterocycles. The van der Waals surface area contributed by atoms with E-state index < -0.39 is 0 Å². The van der Waals surface area contributed by atoms with E-state index >= 15 is 0 Å². The van der Waals surface area contributed by atoms with Crippen LogP contribution in [0.25, 0.3) is 0 Å². The molecule has 6 nitrogen and oxygen atoms in total. The molecule has 1 amide bonds. The molecule has 0 aliphatic rings. The fourth-order valence-electron chi connectivity index (χ4n) is 1.54. The van der Waals surface area contributed by atoms with E-state index in [-0.39, 0.29) is 23.2 Å². The second kappa shape index (κ2) is 5.67. The third kappa shape index (κ3) is 4.86. The second-order valence-corrected chi connectivity index (χ2v) is 5.15. The normalized spacial score (nSPS) is 13.2. The number of hydrogen-bond donors (Lipinski definition) is 2. The first-order chi connectivity index (χ1) is 7.92. The first-order valence-electron chi connectivity index (χ1n) is 5.57. The van der Waals surface area contributed by atoms with Gasteiger partial charge in [0.05, 0.1) is 18.3 Å². The summed E-state index contributed by atoms with van der Waals surface area (Å²) in [5.41, 5.74) is 5.67. The molecule has 0 aliphatic carbocycles. The summed E-state index contributed by atoms with van der Waals surface area (Å²) in [4.78, 5) is 15.8. The average molecular weight is 237 g/mol. The van der Waals surface area contributed by atoms with Gasteiger partial charge in [-0.2, -0.15) is 5.10 Å². The Morgan fingerprint density at radius 2 is 2.18 bits per heavy atom. The molecule has 1 heterocycles. The van der Waals surface area contributed by atoms with Crippen LogP contribution in [0.5, 0.6) is 0 Å². The minimum atomic E-state index is -0.237. The summed E-state index contributed by atoms with van der Waals surface area (Å²) in [5.74, 6) is -0.181. The second-order valence-electron chi connectivity index (χ2n) is 5.15. The van der Waals surface area contributed by atoms with Gasteiger partial charge in [0.2, 0.25) is 11.9 Å². The van der Waals surface area contributed by atoms with Crippen molar-refractivity contribution in [3.63, 3.8) is 0 Å². The zero-order valence-electron chi connectivity index (χ0n) is 10.5. The topological polar surface area (TPSA) is 93.8 Å². The van der Waals surface area contributed by atoms with Crippen LogP contribution in [0.15, 0.2) is 12.4 Å². The Morgan fingerprint density at radius 3 is 2.65 bits per heavy atom. The smallest absolute Gasteiger partial charge is 0.249 e. The molecule has 0 bridgehead atoms. The third-order valence-electron chi connectivity index (χ3n) is 2.23. The Balaban J connectivity index is 2.62. The van der Waals surface area contributed by atoms with Crippen molar-refractivity contribution in [3.8, 4) is 0 Å². The number of hydrogen-bond acceptors (Lipinski definition) is 5. The SMILES string of the molecule is CC(C)(C)CC(CN)C(=O)Nc1nccnn1. The lowest BCUT2D eigenvalue weighted by molar-refractivity contribution is -0.120. The zero-order valence-corrected chi connectivity index (χ0v) is 10.5. The summed E-state index contributed by atoms with van der Waals surface area (Å²) in [6, 6.07) is 0. The third-order valence-corrected chi connectivity index (χ3v) is 2.23. The summed E-state index contributed by atoms with van der Waals surface area (Å²) >= 11 is 0. The van der Waals surface area contributed by atoms with Crippen LogP contribution >= 0.6 is 0 Å². The van der Waals surface area contributed by atoms with Crippen LogP contribution in [0.4, 0.5) is 5.95 Å². The molecule has 0 saturated carbocycles. The molecule has 6 heteroatoms. The summed E-state index contributed by atoms with van der Waals surface area (Å²) in [6.07, 6.45) is 3.64. The summed E-state index contributed by atoms with van der Waals surface area (Å²) < 4.78 is 0. The van der Waals surface area contributed by atoms with Crippen LogP contribution in [0.1, 0.15) is 27.2 Å². The molecular weight excluding hydrogens is 218 g/mol. The number of anilines is 1. The molecule has 0 saturated heterocycles. The van der Waals surface area contributed by atoms with E-state index in [2.05, 4.69) is 41.3 Å². The Labute approximate surface area is 101 Å². The van der Waals surface area contributed by atoms with Gasteiger partial charge in [-0.05, 0) is 11.8 Å². The number of carbonyl (C=O) groups excluding carboxylic acids is 1. The lowest BCUT2D eigenvalue weighted by Crippen LogP contribution is -2.33. The van der Waals surface area contributed by atoms with Crippen molar-refractivity contribution in [3.05, 3.63) is 12.4 Å². The highest BCUT2D eigenvalue weighted by Crippen LogP contribution is 2.24. The highest BCUT2D eigenvalue weighted by molar-refractivity contribution is 5.91. The maximum absolute atomic E-state index is 11.9. The van der Waals surface area contributed by atoms with Crippen LogP contribution in [0.2, 0.25) is 0 Å². The van der Waals surface area contributed by atoms with Crippen LogP contribution < -0.4 is 11.1 Å². The molecule has 94 valence electrons. The standard InChI is InChI=1S/C11H19N5O/c1-11(2,3)6-8(7-12)9(17)15-10-13-4-5-14-16-10/h4-5,8H,6-7,12H2,1-3H3,(H,13,15,16,17). The molecule has 3 N–H and O–H groups in total. The van der Waals surface area contributed by atoms with Crippen LogP contribution in [0.3, 0.4) is 0 Å². The molecule has 1 rings (SSSR count). The van der Waals surface area contributed by atoms with Gasteiger partial charge in [0.15, 0.2) is 0 Å². The fourth-order valence-corrected chi connectivity index (χ4v) is 1.54. The predicted octanol–water partition coefficient (Wildman–Crippen LogP) is 0.821. The van der Waals surface area contributed by atoms with Crippen LogP contribution in [-0.2, 0) is 4.79 Å². The lowest BCUT2D eigenvalue weighted by Gasteiger charge is -2.23. The zero-order chi connectivity index (χ0) is 12.9. The molecule has 0 fully saturated rings. The molecule has 1 atom stereocenters. The maximum atomic E-state index is 11.9. The Bertz CT molecular complexity index is 360. The Kier molecular flexibility index (Phi) is 4.51. The first kappa shape index (κ1) is 13.5. The summed E-state index contributed by atoms with van der Waals surface area (Å²) in [6.45, 7) is 6.53. The van der Waals surface area contributed by atoms with Crippen LogP contribution in [-0.4, -0.2) is 27.6 Å². The number of carbonyl (C=O) groups is 1. The highest BCUT2D eigenvalue weighted by atomic mass is 16.2. The van der Waals surface area contributed by atoms with E-state index in [0.717, 1.165) is 6.42 Å². The largest absolute Gasteiger partial charge is 0.330 e. The monoisotopic (exact) mass is 237 g/mol. The van der Waals surface area contributed by atoms with E-state index in [1.54, 1.807) is 0 Å². The number of amides is 1. The number of rotatable bonds is 4. The van der Waals surface area contributed by atoms with Gasteiger partial charge in [-0.1, -0.05) is 20.8 Å². The molecular formula is C11H19N5O. The molecule has 0 spiro atoms. The molecule has 17 heavy (non-hydrogen) atoms. The van der Waals surface area contributed by atoms with Crippen molar-refractivity contribution >= 4 is 11.9 Å². The minimum absolute atomic E-state index is 0.0527. The van der Waals surface area contributed by atoms with Gasteiger partial charge in [0.25, 0.3) is 0 Å². The number of aromatic nitrogens is 3. The Morgan fingerprint density at radius 1 is 1.47 bits per heavy atom. The van der Waals surface area contributed by atoms with Gasteiger partial charge in [-0.15, -0.1) is 5.10 Å². The van der Waals surface area contributed by atoms with Crippen molar-refractivity contribution in [2.75, 3.05) is 11.9 Å². The number of nitrogens with one attached hydrogen (secondary N) is 1. The van der Waals surface area contributed by atoms with Gasteiger partial charge in [0.1, 0.15) is 0 Å². The van der Waals surface area contributed by atoms with Gasteiger partial charge in [-0.3, -0.25) is 10.1 Å². The van der Waals surface area contributed by atoms with Gasteiger partial charge in [-0.25, -0.2) is 4.98 Å². The highest BCUT2D eigenvalue weighted by Gasteiger charge is 2.24. The maximum Gasteiger partial charge on any atom is 0.249 e. The first-order valence-corrected chi connectivity index (χ1v) is 5.57. The van der Waals surface area contributed by atoms with Gasteiger partial charge in [0, 0.05) is 6.54 Å². The lowest BCUT2D eigenvalue weighted by atomic mass is 9.84. The summed E-state index contributed by atoms with van der Waals surface area (Å²) in [5, 5.41) is 9.95. The van der Waals surface area contributed by atoms with Crippen molar-refractivity contribution in [1.82, 2.24) is 15.2 Å². The molecule has 1 unspecified atom stereocenters. The van der Waals surface area contributed by atoms with Crippen molar-refractivity contribution in [2.24, 2.45) is 17.1 Å². The van der Waals surface area contributed by atoms with E-state index in [1.807, 2.05) is 0 Å². The minimum Gasteiger partial charge on any atom is -0.330 e. The Hall–Kier alpha value is -1.56. The number of nitrogens with two attached hydrogens (primary N) is 1. The van der Waals surface area contributed by atoms with Crippen molar-refractivity contribution in [1.29, 1.82) is 0 Å². The predicted molar refractivity (Wildman–Crippen MR) is 65.1 cm³/mol. The molecule has 0 aromatic carbocycles. The van der Waals surface area contributed by atoms with E-state index in [0.29, 0.717) is 6.54 Å². The van der Waals surface area contributed by atoms with Gasteiger partial charge < -0.3 is 5.73 Å². The van der Waals surface area contributed by atoms with Crippen molar-refractivity contribution < 1.29 is 4.79 Å². The van der Waals surface area contributed by atoms with E-state index in [9.17, 15) is 4.79 Å². The van der Waals surface area contributed by atoms with Crippen LogP contribution in [0, 0.1) is 11.3 Å². The fraction of sp³-hybridized carbons (Fsp3) is 0.636. The number of nitrogens with zero attached hydrogens (tertiary/aromatic N) is 3. The summed E-state index contributed by atoms with van der Waals surface area (Å²) in [7, 11) is 0. The quantitative estimate of drug-likeness (QED) is 0.808. The molecule has 0 aliphatic heterocycles. The molecule has 0 radical (unpaired) electrons.